The number of alkyl halides is 2. The van der Waals surface area contributed by atoms with Crippen LogP contribution in [0.25, 0.3) is 11.3 Å². The number of ether oxygens (including phenoxy) is 1. The van der Waals surface area contributed by atoms with Gasteiger partial charge < -0.3 is 10.1 Å². The molecule has 134 valence electrons. The van der Waals surface area contributed by atoms with Gasteiger partial charge in [-0.05, 0) is 13.0 Å². The number of benzene rings is 2. The Hall–Kier alpha value is -2.80. The zero-order valence-electron chi connectivity index (χ0n) is 13.9. The molecule has 1 amide bonds. The molecule has 0 unspecified atom stereocenters. The van der Waals surface area contributed by atoms with E-state index in [-0.39, 0.29) is 18.2 Å². The van der Waals surface area contributed by atoms with E-state index in [0.717, 1.165) is 10.6 Å². The van der Waals surface area contributed by atoms with E-state index >= 15 is 0 Å². The van der Waals surface area contributed by atoms with Crippen LogP contribution in [0.4, 0.5) is 8.78 Å². The molecule has 0 aliphatic carbocycles. The van der Waals surface area contributed by atoms with Crippen LogP contribution in [0.15, 0.2) is 54.6 Å². The van der Waals surface area contributed by atoms with E-state index in [2.05, 4.69) is 15.0 Å². The molecule has 7 heteroatoms. The Kier molecular flexibility index (Phi) is 5.58. The SMILES string of the molecule is Cc1nc(-c2ccccc2)c(C(=O)NCc2ccccc2OC(F)F)s1. The molecule has 0 spiro atoms. The lowest BCUT2D eigenvalue weighted by molar-refractivity contribution is -0.0504. The fraction of sp³-hybridized carbons (Fsp3) is 0.158. The molecule has 0 radical (unpaired) electrons. The Morgan fingerprint density at radius 2 is 1.85 bits per heavy atom. The number of aryl methyl sites for hydroxylation is 1. The minimum atomic E-state index is -2.92. The van der Waals surface area contributed by atoms with Crippen molar-refractivity contribution in [2.75, 3.05) is 0 Å². The topological polar surface area (TPSA) is 51.2 Å². The quantitative estimate of drug-likeness (QED) is 0.683. The van der Waals surface area contributed by atoms with Gasteiger partial charge in [0, 0.05) is 17.7 Å². The van der Waals surface area contributed by atoms with Gasteiger partial charge in [0.25, 0.3) is 5.91 Å². The van der Waals surface area contributed by atoms with Crippen LogP contribution >= 0.6 is 11.3 Å². The molecular formula is C19H16F2N2O2S. The highest BCUT2D eigenvalue weighted by atomic mass is 32.1. The summed E-state index contributed by atoms with van der Waals surface area (Å²) in [5, 5.41) is 3.53. The molecule has 1 heterocycles. The highest BCUT2D eigenvalue weighted by Gasteiger charge is 2.18. The van der Waals surface area contributed by atoms with E-state index in [9.17, 15) is 13.6 Å². The van der Waals surface area contributed by atoms with Crippen molar-refractivity contribution >= 4 is 17.2 Å². The normalized spacial score (nSPS) is 10.8. The van der Waals surface area contributed by atoms with E-state index in [4.69, 9.17) is 0 Å². The number of amides is 1. The number of nitrogens with zero attached hydrogens (tertiary/aromatic N) is 1. The summed E-state index contributed by atoms with van der Waals surface area (Å²) in [6.07, 6.45) is 0. The fourth-order valence-electron chi connectivity index (χ4n) is 2.49. The zero-order valence-corrected chi connectivity index (χ0v) is 14.7. The molecule has 4 nitrogen and oxygen atoms in total. The second kappa shape index (κ2) is 8.05. The van der Waals surface area contributed by atoms with E-state index < -0.39 is 6.61 Å². The van der Waals surface area contributed by atoms with Crippen molar-refractivity contribution in [1.29, 1.82) is 0 Å². The standard InChI is InChI=1S/C19H16F2N2O2S/c1-12-23-16(13-7-3-2-4-8-13)17(26-12)18(24)22-11-14-9-5-6-10-15(14)25-19(20)21/h2-10,19H,11H2,1H3,(H,22,24). The second-order valence-corrected chi connectivity index (χ2v) is 6.65. The van der Waals surface area contributed by atoms with Gasteiger partial charge in [-0.2, -0.15) is 8.78 Å². The molecule has 3 aromatic rings. The third kappa shape index (κ3) is 4.23. The summed E-state index contributed by atoms with van der Waals surface area (Å²) in [7, 11) is 0. The Balaban J connectivity index is 1.78. The number of para-hydroxylation sites is 1. The summed E-state index contributed by atoms with van der Waals surface area (Å²) in [6, 6.07) is 15.8. The summed E-state index contributed by atoms with van der Waals surface area (Å²) >= 11 is 1.29. The molecule has 0 atom stereocenters. The van der Waals surface area contributed by atoms with Crippen molar-refractivity contribution < 1.29 is 18.3 Å². The molecule has 1 aromatic heterocycles. The molecule has 3 rings (SSSR count). The van der Waals surface area contributed by atoms with E-state index in [1.807, 2.05) is 37.3 Å². The van der Waals surface area contributed by atoms with Crippen molar-refractivity contribution in [3.8, 4) is 17.0 Å². The maximum Gasteiger partial charge on any atom is 0.387 e. The van der Waals surface area contributed by atoms with Gasteiger partial charge in [-0.25, -0.2) is 4.98 Å². The molecule has 0 aliphatic heterocycles. The molecule has 26 heavy (non-hydrogen) atoms. The molecule has 0 fully saturated rings. The lowest BCUT2D eigenvalue weighted by Crippen LogP contribution is -2.23. The lowest BCUT2D eigenvalue weighted by Gasteiger charge is -2.11. The Morgan fingerprint density at radius 1 is 1.15 bits per heavy atom. The van der Waals surface area contributed by atoms with Gasteiger partial charge in [0.1, 0.15) is 10.6 Å². The van der Waals surface area contributed by atoms with Crippen LogP contribution < -0.4 is 10.1 Å². The third-order valence-electron chi connectivity index (χ3n) is 3.62. The van der Waals surface area contributed by atoms with Crippen molar-refractivity contribution in [3.63, 3.8) is 0 Å². The highest BCUT2D eigenvalue weighted by Crippen LogP contribution is 2.28. The van der Waals surface area contributed by atoms with Crippen LogP contribution in [0.5, 0.6) is 5.75 Å². The number of rotatable bonds is 6. The summed E-state index contributed by atoms with van der Waals surface area (Å²) in [5.74, 6) is -0.257. The van der Waals surface area contributed by atoms with Gasteiger partial charge in [0.2, 0.25) is 0 Å². The van der Waals surface area contributed by atoms with Crippen LogP contribution in [-0.2, 0) is 6.54 Å². The number of hydrogen-bond acceptors (Lipinski definition) is 4. The number of nitrogens with one attached hydrogen (secondary N) is 1. The van der Waals surface area contributed by atoms with E-state index in [0.29, 0.717) is 16.1 Å². The highest BCUT2D eigenvalue weighted by molar-refractivity contribution is 7.14. The van der Waals surface area contributed by atoms with E-state index in [1.165, 1.54) is 17.4 Å². The van der Waals surface area contributed by atoms with Crippen LogP contribution in [0, 0.1) is 6.92 Å². The minimum Gasteiger partial charge on any atom is -0.434 e. The van der Waals surface area contributed by atoms with Crippen LogP contribution in [0.3, 0.4) is 0 Å². The summed E-state index contributed by atoms with van der Waals surface area (Å²) in [5.41, 5.74) is 1.94. The molecule has 2 aromatic carbocycles. The maximum absolute atomic E-state index is 12.6. The smallest absolute Gasteiger partial charge is 0.387 e. The van der Waals surface area contributed by atoms with Gasteiger partial charge in [-0.15, -0.1) is 11.3 Å². The van der Waals surface area contributed by atoms with Crippen LogP contribution in [-0.4, -0.2) is 17.5 Å². The Labute approximate surface area is 153 Å². The first kappa shape index (κ1) is 18.0. The first-order valence-electron chi connectivity index (χ1n) is 7.88. The number of carbonyl (C=O) groups is 1. The number of aromatic nitrogens is 1. The number of hydrogen-bond donors (Lipinski definition) is 1. The maximum atomic E-state index is 12.6. The summed E-state index contributed by atoms with van der Waals surface area (Å²) in [4.78, 5) is 17.6. The molecule has 0 saturated heterocycles. The molecular weight excluding hydrogens is 358 g/mol. The van der Waals surface area contributed by atoms with Crippen molar-refractivity contribution in [3.05, 3.63) is 70.0 Å². The number of carbonyl (C=O) groups excluding carboxylic acids is 1. The van der Waals surface area contributed by atoms with Crippen molar-refractivity contribution in [2.45, 2.75) is 20.1 Å². The average Bonchev–Trinajstić information content (AvgIpc) is 3.03. The third-order valence-corrected chi connectivity index (χ3v) is 4.59. The monoisotopic (exact) mass is 374 g/mol. The molecule has 0 bridgehead atoms. The van der Waals surface area contributed by atoms with E-state index in [1.54, 1.807) is 18.2 Å². The second-order valence-electron chi connectivity index (χ2n) is 5.45. The number of halogens is 2. The largest absolute Gasteiger partial charge is 0.434 e. The fourth-order valence-corrected chi connectivity index (χ4v) is 3.35. The molecule has 0 saturated carbocycles. The van der Waals surface area contributed by atoms with Crippen molar-refractivity contribution in [2.24, 2.45) is 0 Å². The van der Waals surface area contributed by atoms with Crippen molar-refractivity contribution in [1.82, 2.24) is 10.3 Å². The van der Waals surface area contributed by atoms with Gasteiger partial charge in [0.05, 0.1) is 10.7 Å². The summed E-state index contributed by atoms with van der Waals surface area (Å²) < 4.78 is 29.5. The molecule has 0 aliphatic rings. The van der Waals surface area contributed by atoms with Gasteiger partial charge in [-0.3, -0.25) is 4.79 Å². The first-order valence-corrected chi connectivity index (χ1v) is 8.70. The van der Waals surface area contributed by atoms with Gasteiger partial charge in [-0.1, -0.05) is 48.5 Å². The first-order chi connectivity index (χ1) is 12.5. The van der Waals surface area contributed by atoms with Gasteiger partial charge in [0.15, 0.2) is 0 Å². The number of thiazole rings is 1. The average molecular weight is 374 g/mol. The Bertz CT molecular complexity index is 898. The summed E-state index contributed by atoms with van der Waals surface area (Å²) in [6.45, 7) is -1.01. The van der Waals surface area contributed by atoms with Crippen LogP contribution in [0.1, 0.15) is 20.2 Å². The Morgan fingerprint density at radius 3 is 2.58 bits per heavy atom. The molecule has 1 N–H and O–H groups in total. The lowest BCUT2D eigenvalue weighted by atomic mass is 10.1. The van der Waals surface area contributed by atoms with Gasteiger partial charge >= 0.3 is 6.61 Å². The predicted molar refractivity (Wildman–Crippen MR) is 96.5 cm³/mol. The zero-order chi connectivity index (χ0) is 18.5. The predicted octanol–water partition coefficient (Wildman–Crippen LogP) is 4.65. The van der Waals surface area contributed by atoms with Crippen LogP contribution in [0.2, 0.25) is 0 Å². The minimum absolute atomic E-state index is 0.0477.